The summed E-state index contributed by atoms with van der Waals surface area (Å²) in [5.41, 5.74) is 0.351. The Morgan fingerprint density at radius 3 is 2.47 bits per heavy atom. The molecule has 2 aliphatic carbocycles. The van der Waals surface area contributed by atoms with Crippen molar-refractivity contribution in [3.63, 3.8) is 0 Å². The van der Waals surface area contributed by atoms with Gasteiger partial charge in [0.15, 0.2) is 11.6 Å². The number of aromatic nitrogens is 1. The summed E-state index contributed by atoms with van der Waals surface area (Å²) in [4.78, 5) is 17.0. The summed E-state index contributed by atoms with van der Waals surface area (Å²) in [7, 11) is -3.54. The first-order valence-corrected chi connectivity index (χ1v) is 12.0. The zero-order valence-electron chi connectivity index (χ0n) is 16.8. The third-order valence-corrected chi connectivity index (χ3v) is 7.06. The van der Waals surface area contributed by atoms with Gasteiger partial charge in [-0.2, -0.15) is 0 Å². The van der Waals surface area contributed by atoms with Crippen molar-refractivity contribution in [2.24, 2.45) is 5.92 Å². The lowest BCUT2D eigenvalue weighted by molar-refractivity contribution is 0.102. The predicted molar refractivity (Wildman–Crippen MR) is 114 cm³/mol. The number of pyridine rings is 1. The molecule has 7 nitrogen and oxygen atoms in total. The van der Waals surface area contributed by atoms with Gasteiger partial charge < -0.3 is 10.1 Å². The molecule has 160 valence electrons. The summed E-state index contributed by atoms with van der Waals surface area (Å²) in [6.07, 6.45) is 9.46. The van der Waals surface area contributed by atoms with Crippen molar-refractivity contribution in [3.8, 4) is 5.75 Å². The van der Waals surface area contributed by atoms with Gasteiger partial charge in [0.25, 0.3) is 5.91 Å². The SMILES string of the molecule is O=C(Nc1ncccc1OCC1CCCCC1)c1ccc(S(=O)(=O)NC2CC2)cc1. The monoisotopic (exact) mass is 429 g/mol. The van der Waals surface area contributed by atoms with E-state index in [0.29, 0.717) is 29.7 Å². The number of nitrogens with zero attached hydrogens (tertiary/aromatic N) is 1. The number of benzene rings is 1. The van der Waals surface area contributed by atoms with Crippen LogP contribution >= 0.6 is 0 Å². The number of amides is 1. The zero-order valence-corrected chi connectivity index (χ0v) is 17.7. The molecule has 0 spiro atoms. The smallest absolute Gasteiger partial charge is 0.256 e. The number of hydrogen-bond donors (Lipinski definition) is 2. The first kappa shape index (κ1) is 20.8. The van der Waals surface area contributed by atoms with Crippen LogP contribution in [-0.2, 0) is 10.0 Å². The number of anilines is 1. The highest BCUT2D eigenvalue weighted by molar-refractivity contribution is 7.89. The van der Waals surface area contributed by atoms with Crippen molar-refractivity contribution in [2.45, 2.75) is 55.9 Å². The van der Waals surface area contributed by atoms with Crippen LogP contribution < -0.4 is 14.8 Å². The number of rotatable bonds is 8. The molecule has 0 saturated heterocycles. The van der Waals surface area contributed by atoms with Crippen molar-refractivity contribution in [2.75, 3.05) is 11.9 Å². The van der Waals surface area contributed by atoms with E-state index in [4.69, 9.17) is 4.74 Å². The molecule has 1 amide bonds. The molecule has 0 bridgehead atoms. The van der Waals surface area contributed by atoms with Gasteiger partial charge in [-0.25, -0.2) is 18.1 Å². The quantitative estimate of drug-likeness (QED) is 0.666. The van der Waals surface area contributed by atoms with Gasteiger partial charge in [0, 0.05) is 17.8 Å². The summed E-state index contributed by atoms with van der Waals surface area (Å²) < 4.78 is 33.1. The number of sulfonamides is 1. The summed E-state index contributed by atoms with van der Waals surface area (Å²) >= 11 is 0. The molecular formula is C22H27N3O4S. The average Bonchev–Trinajstić information content (AvgIpc) is 3.57. The Hall–Kier alpha value is -2.45. The molecule has 8 heteroatoms. The first-order valence-electron chi connectivity index (χ1n) is 10.5. The summed E-state index contributed by atoms with van der Waals surface area (Å²) in [6.45, 7) is 0.620. The van der Waals surface area contributed by atoms with E-state index >= 15 is 0 Å². The molecule has 2 N–H and O–H groups in total. The number of nitrogens with one attached hydrogen (secondary N) is 2. The maximum atomic E-state index is 12.6. The molecule has 0 atom stereocenters. The lowest BCUT2D eigenvalue weighted by atomic mass is 9.90. The highest BCUT2D eigenvalue weighted by Crippen LogP contribution is 2.27. The van der Waals surface area contributed by atoms with Crippen LogP contribution in [0.5, 0.6) is 5.75 Å². The normalized spacial score (nSPS) is 17.5. The molecule has 4 rings (SSSR count). The highest BCUT2D eigenvalue weighted by atomic mass is 32.2. The van der Waals surface area contributed by atoms with Crippen LogP contribution in [0.2, 0.25) is 0 Å². The van der Waals surface area contributed by atoms with Crippen molar-refractivity contribution in [3.05, 3.63) is 48.2 Å². The van der Waals surface area contributed by atoms with Gasteiger partial charge in [0.1, 0.15) is 0 Å². The summed E-state index contributed by atoms with van der Waals surface area (Å²) in [6, 6.07) is 9.50. The molecule has 1 aromatic carbocycles. The minimum absolute atomic E-state index is 0.0363. The number of carbonyl (C=O) groups excluding carboxylic acids is 1. The van der Waals surface area contributed by atoms with Crippen LogP contribution in [0.15, 0.2) is 47.5 Å². The second-order valence-electron chi connectivity index (χ2n) is 8.04. The van der Waals surface area contributed by atoms with Gasteiger partial charge >= 0.3 is 0 Å². The van der Waals surface area contributed by atoms with E-state index in [1.807, 2.05) is 0 Å². The highest BCUT2D eigenvalue weighted by Gasteiger charge is 2.28. The van der Waals surface area contributed by atoms with Crippen molar-refractivity contribution in [1.82, 2.24) is 9.71 Å². The van der Waals surface area contributed by atoms with Gasteiger partial charge in [0.05, 0.1) is 11.5 Å². The van der Waals surface area contributed by atoms with Crippen LogP contribution in [0.3, 0.4) is 0 Å². The van der Waals surface area contributed by atoms with E-state index in [1.54, 1.807) is 18.3 Å². The van der Waals surface area contributed by atoms with Crippen LogP contribution in [0.25, 0.3) is 0 Å². The predicted octanol–water partition coefficient (Wildman–Crippen LogP) is 3.73. The molecule has 2 saturated carbocycles. The van der Waals surface area contributed by atoms with E-state index < -0.39 is 10.0 Å². The molecule has 2 aliphatic rings. The van der Waals surface area contributed by atoms with Gasteiger partial charge in [-0.3, -0.25) is 4.79 Å². The fourth-order valence-electron chi connectivity index (χ4n) is 3.62. The summed E-state index contributed by atoms with van der Waals surface area (Å²) in [5.74, 6) is 1.09. The van der Waals surface area contributed by atoms with E-state index in [9.17, 15) is 13.2 Å². The summed E-state index contributed by atoms with van der Waals surface area (Å²) in [5, 5.41) is 2.77. The molecule has 30 heavy (non-hydrogen) atoms. The Labute approximate surface area is 177 Å². The fourth-order valence-corrected chi connectivity index (χ4v) is 4.92. The van der Waals surface area contributed by atoms with Crippen molar-refractivity contribution < 1.29 is 17.9 Å². The van der Waals surface area contributed by atoms with Crippen LogP contribution in [0, 0.1) is 5.92 Å². The van der Waals surface area contributed by atoms with Gasteiger partial charge in [-0.05, 0) is 68.0 Å². The lowest BCUT2D eigenvalue weighted by Gasteiger charge is -2.22. The molecule has 1 heterocycles. The molecular weight excluding hydrogens is 402 g/mol. The second-order valence-corrected chi connectivity index (χ2v) is 9.75. The van der Waals surface area contributed by atoms with Gasteiger partial charge in [0.2, 0.25) is 10.0 Å². The largest absolute Gasteiger partial charge is 0.489 e. The number of ether oxygens (including phenoxy) is 1. The third kappa shape index (κ3) is 5.37. The average molecular weight is 430 g/mol. The van der Waals surface area contributed by atoms with Gasteiger partial charge in [-0.15, -0.1) is 0 Å². The lowest BCUT2D eigenvalue weighted by Crippen LogP contribution is -2.25. The molecule has 0 aliphatic heterocycles. The molecule has 2 aromatic rings. The molecule has 0 radical (unpaired) electrons. The van der Waals surface area contributed by atoms with Gasteiger partial charge in [-0.1, -0.05) is 19.3 Å². The van der Waals surface area contributed by atoms with Crippen LogP contribution in [0.1, 0.15) is 55.3 Å². The standard InChI is InChI=1S/C22H27N3O4S/c26-22(17-8-12-19(13-9-17)30(27,28)25-18-10-11-18)24-21-20(7-4-14-23-21)29-15-16-5-2-1-3-6-16/h4,7-9,12-14,16,18,25H,1-3,5-6,10-11,15H2,(H,23,24,26). The fraction of sp³-hybridized carbons (Fsp3) is 0.455. The van der Waals surface area contributed by atoms with Crippen molar-refractivity contribution >= 4 is 21.7 Å². The van der Waals surface area contributed by atoms with E-state index in [0.717, 1.165) is 12.8 Å². The zero-order chi connectivity index (χ0) is 21.0. The molecule has 0 unspecified atom stereocenters. The number of carbonyl (C=O) groups is 1. The second kappa shape index (κ2) is 9.14. The molecule has 2 fully saturated rings. The maximum absolute atomic E-state index is 12.6. The Morgan fingerprint density at radius 2 is 1.77 bits per heavy atom. The Morgan fingerprint density at radius 1 is 1.03 bits per heavy atom. The first-order chi connectivity index (χ1) is 14.5. The Balaban J connectivity index is 1.39. The third-order valence-electron chi connectivity index (χ3n) is 5.53. The van der Waals surface area contributed by atoms with Crippen molar-refractivity contribution in [1.29, 1.82) is 0 Å². The Bertz CT molecular complexity index is 982. The maximum Gasteiger partial charge on any atom is 0.256 e. The van der Waals surface area contributed by atoms with Crippen LogP contribution in [-0.4, -0.2) is 32.0 Å². The van der Waals surface area contributed by atoms with E-state index in [1.165, 1.54) is 56.4 Å². The Kier molecular flexibility index (Phi) is 6.34. The van der Waals surface area contributed by atoms with E-state index in [-0.39, 0.29) is 16.8 Å². The number of hydrogen-bond acceptors (Lipinski definition) is 5. The van der Waals surface area contributed by atoms with Crippen LogP contribution in [0.4, 0.5) is 5.82 Å². The van der Waals surface area contributed by atoms with E-state index in [2.05, 4.69) is 15.0 Å². The molecule has 1 aromatic heterocycles. The minimum Gasteiger partial charge on any atom is -0.489 e. The minimum atomic E-state index is -3.54. The topological polar surface area (TPSA) is 97.4 Å².